The van der Waals surface area contributed by atoms with Gasteiger partial charge in [0.1, 0.15) is 0 Å². The van der Waals surface area contributed by atoms with Crippen LogP contribution in [0.5, 0.6) is 0 Å². The summed E-state index contributed by atoms with van der Waals surface area (Å²) in [5.74, 6) is 0. The molecule has 6 N–H and O–H groups in total. The first-order valence-electron chi connectivity index (χ1n) is 3.86. The smallest absolute Gasteiger partial charge is 0.368 e. The lowest BCUT2D eigenvalue weighted by Gasteiger charge is -2.33. The monoisotopic (exact) mass is 232 g/mol. The van der Waals surface area contributed by atoms with Gasteiger partial charge in [-0.3, -0.25) is 31.7 Å². The van der Waals surface area contributed by atoms with Gasteiger partial charge in [0, 0.05) is 6.08 Å². The number of nitrogens with zero attached hydrogens (tertiary/aromatic N) is 2. The topological polar surface area (TPSA) is 179 Å². The summed E-state index contributed by atoms with van der Waals surface area (Å²) in [5, 5.41) is 39.9. The molecule has 0 fully saturated rings. The van der Waals surface area contributed by atoms with E-state index in [4.69, 9.17) is 11.5 Å². The fourth-order valence-corrected chi connectivity index (χ4v) is 1.18. The Labute approximate surface area is 87.8 Å². The molecular weight excluding hydrogens is 224 g/mol. The Morgan fingerprint density at radius 1 is 1.19 bits per heavy atom. The first-order valence-corrected chi connectivity index (χ1v) is 3.86. The molecule has 16 heavy (non-hydrogen) atoms. The Morgan fingerprint density at radius 3 is 2.06 bits per heavy atom. The van der Waals surface area contributed by atoms with E-state index >= 15 is 0 Å². The molecule has 88 valence electrons. The fourth-order valence-electron chi connectivity index (χ4n) is 1.18. The van der Waals surface area contributed by atoms with Gasteiger partial charge in [0.05, 0.1) is 9.85 Å². The largest absolute Gasteiger partial charge is 0.373 e. The quantitative estimate of drug-likeness (QED) is 0.231. The van der Waals surface area contributed by atoms with E-state index in [0.29, 0.717) is 12.2 Å². The maximum absolute atomic E-state index is 10.6. The van der Waals surface area contributed by atoms with Crippen molar-refractivity contribution in [1.29, 1.82) is 0 Å². The van der Waals surface area contributed by atoms with Gasteiger partial charge >= 0.3 is 11.4 Å². The minimum Gasteiger partial charge on any atom is -0.368 e. The van der Waals surface area contributed by atoms with Crippen LogP contribution in [-0.4, -0.2) is 31.5 Å². The van der Waals surface area contributed by atoms with E-state index in [2.05, 4.69) is 0 Å². The van der Waals surface area contributed by atoms with Crippen LogP contribution >= 0.6 is 0 Å². The van der Waals surface area contributed by atoms with Crippen LogP contribution < -0.4 is 11.5 Å². The molecule has 1 aliphatic carbocycles. The molecule has 0 spiro atoms. The summed E-state index contributed by atoms with van der Waals surface area (Å²) in [7, 11) is 0. The third-order valence-corrected chi connectivity index (χ3v) is 2.09. The van der Waals surface area contributed by atoms with Crippen LogP contribution in [0.3, 0.4) is 0 Å². The van der Waals surface area contributed by atoms with E-state index in [1.807, 2.05) is 0 Å². The van der Waals surface area contributed by atoms with E-state index in [-0.39, 0.29) is 0 Å². The highest BCUT2D eigenvalue weighted by Crippen LogP contribution is 2.30. The number of allylic oxidation sites excluding steroid dienone is 1. The van der Waals surface area contributed by atoms with Gasteiger partial charge < -0.3 is 10.2 Å². The van der Waals surface area contributed by atoms with Crippen LogP contribution in [0.1, 0.15) is 0 Å². The van der Waals surface area contributed by atoms with Gasteiger partial charge in [-0.1, -0.05) is 0 Å². The normalized spacial score (nSPS) is 34.0. The number of hydrogen-bond acceptors (Lipinski definition) is 8. The van der Waals surface area contributed by atoms with Crippen LogP contribution in [-0.2, 0) is 0 Å². The first kappa shape index (κ1) is 12.2. The highest BCUT2D eigenvalue weighted by Gasteiger charge is 2.58. The molecule has 2 unspecified atom stereocenters. The van der Waals surface area contributed by atoms with Gasteiger partial charge in [0.15, 0.2) is 5.72 Å². The molecule has 2 atom stereocenters. The van der Waals surface area contributed by atoms with Crippen molar-refractivity contribution >= 4 is 0 Å². The number of aliphatic hydroxyl groups is 2. The zero-order chi connectivity index (χ0) is 12.7. The Morgan fingerprint density at radius 2 is 1.69 bits per heavy atom. The van der Waals surface area contributed by atoms with E-state index in [1.165, 1.54) is 0 Å². The Kier molecular flexibility index (Phi) is 2.52. The minimum atomic E-state index is -3.05. The number of hydrogen-bond donors (Lipinski definition) is 4. The van der Waals surface area contributed by atoms with Crippen molar-refractivity contribution in [3.63, 3.8) is 0 Å². The summed E-state index contributed by atoms with van der Waals surface area (Å²) >= 11 is 0. The SMILES string of the molecule is NC1(O)C=CC([N+](=O)[O-])=C([N+](=O)[O-])C1(N)O. The summed E-state index contributed by atoms with van der Waals surface area (Å²) in [6, 6.07) is 0. The van der Waals surface area contributed by atoms with Crippen LogP contribution in [0, 0.1) is 20.2 Å². The molecule has 0 aromatic heterocycles. The zero-order valence-electron chi connectivity index (χ0n) is 7.73. The van der Waals surface area contributed by atoms with E-state index < -0.39 is 32.7 Å². The second-order valence-corrected chi connectivity index (χ2v) is 3.17. The summed E-state index contributed by atoms with van der Waals surface area (Å²) < 4.78 is 0. The first-order chi connectivity index (χ1) is 7.11. The summed E-state index contributed by atoms with van der Waals surface area (Å²) in [4.78, 5) is 18.7. The average molecular weight is 232 g/mol. The van der Waals surface area contributed by atoms with Crippen LogP contribution in [0.2, 0.25) is 0 Å². The average Bonchev–Trinajstić information content (AvgIpc) is 2.07. The molecule has 0 heterocycles. The lowest BCUT2D eigenvalue weighted by Crippen LogP contribution is -2.68. The number of nitrogens with two attached hydrogens (primary N) is 2. The van der Waals surface area contributed by atoms with Gasteiger partial charge in [-0.25, -0.2) is 0 Å². The summed E-state index contributed by atoms with van der Waals surface area (Å²) in [6.07, 6.45) is 1.22. The van der Waals surface area contributed by atoms with Crippen molar-refractivity contribution in [3.05, 3.63) is 43.8 Å². The molecule has 10 nitrogen and oxygen atoms in total. The summed E-state index contributed by atoms with van der Waals surface area (Å²) in [5.41, 5.74) is 2.02. The molecule has 0 bridgehead atoms. The molecule has 1 aliphatic rings. The number of rotatable bonds is 2. The Hall–Kier alpha value is -1.88. The molecule has 0 aromatic rings. The number of nitro groups is 2. The highest BCUT2D eigenvalue weighted by molar-refractivity contribution is 5.33. The molecule has 0 saturated heterocycles. The van der Waals surface area contributed by atoms with Gasteiger partial charge in [0.25, 0.3) is 5.72 Å². The molecule has 0 radical (unpaired) electrons. The van der Waals surface area contributed by atoms with Gasteiger partial charge in [-0.05, 0) is 6.08 Å². The Balaban J connectivity index is 3.51. The third kappa shape index (κ3) is 1.55. The van der Waals surface area contributed by atoms with Crippen LogP contribution in [0.25, 0.3) is 0 Å². The van der Waals surface area contributed by atoms with Crippen molar-refractivity contribution in [3.8, 4) is 0 Å². The van der Waals surface area contributed by atoms with Gasteiger partial charge in [-0.2, -0.15) is 0 Å². The van der Waals surface area contributed by atoms with Crippen LogP contribution in [0.15, 0.2) is 23.5 Å². The van der Waals surface area contributed by atoms with Gasteiger partial charge in [-0.15, -0.1) is 0 Å². The van der Waals surface area contributed by atoms with Crippen molar-refractivity contribution in [2.45, 2.75) is 11.4 Å². The van der Waals surface area contributed by atoms with Crippen molar-refractivity contribution in [2.75, 3.05) is 0 Å². The van der Waals surface area contributed by atoms with Gasteiger partial charge in [0.2, 0.25) is 0 Å². The standard InChI is InChI=1S/C6H8N4O6/c7-5(11)2-1-3(9(13)14)4(10(15)16)6(5,8)12/h1-2,11-12H,7-8H2. The van der Waals surface area contributed by atoms with Crippen molar-refractivity contribution < 1.29 is 20.1 Å². The second kappa shape index (κ2) is 3.31. The predicted octanol–water partition coefficient (Wildman–Crippen LogP) is -2.38. The molecule has 0 amide bonds. The van der Waals surface area contributed by atoms with Crippen molar-refractivity contribution in [1.82, 2.24) is 0 Å². The maximum Gasteiger partial charge on any atom is 0.373 e. The van der Waals surface area contributed by atoms with Crippen LogP contribution in [0.4, 0.5) is 0 Å². The second-order valence-electron chi connectivity index (χ2n) is 3.17. The molecular formula is C6H8N4O6. The maximum atomic E-state index is 10.6. The molecule has 10 heteroatoms. The zero-order valence-corrected chi connectivity index (χ0v) is 7.73. The molecule has 0 saturated carbocycles. The molecule has 1 rings (SSSR count). The lowest BCUT2D eigenvalue weighted by atomic mass is 9.91. The minimum absolute atomic E-state index is 0.609. The molecule has 0 aromatic carbocycles. The van der Waals surface area contributed by atoms with E-state index in [9.17, 15) is 30.4 Å². The summed E-state index contributed by atoms with van der Waals surface area (Å²) in [6.45, 7) is 0. The Bertz CT molecular complexity index is 423. The van der Waals surface area contributed by atoms with Crippen molar-refractivity contribution in [2.24, 2.45) is 11.5 Å². The third-order valence-electron chi connectivity index (χ3n) is 2.09. The highest BCUT2D eigenvalue weighted by atomic mass is 16.6. The lowest BCUT2D eigenvalue weighted by molar-refractivity contribution is -0.486. The van der Waals surface area contributed by atoms with E-state index in [1.54, 1.807) is 0 Å². The molecule has 0 aliphatic heterocycles. The fraction of sp³-hybridized carbons (Fsp3) is 0.333. The van der Waals surface area contributed by atoms with E-state index in [0.717, 1.165) is 0 Å². The predicted molar refractivity (Wildman–Crippen MR) is 48.4 cm³/mol.